The Balaban J connectivity index is 1.70. The lowest BCUT2D eigenvalue weighted by molar-refractivity contribution is -0.113. The molecule has 0 unspecified atom stereocenters. The minimum atomic E-state index is -0.408. The number of para-hydroxylation sites is 1. The van der Waals surface area contributed by atoms with Gasteiger partial charge in [-0.05, 0) is 43.2 Å². The lowest BCUT2D eigenvalue weighted by Crippen LogP contribution is -2.18. The van der Waals surface area contributed by atoms with Gasteiger partial charge in [-0.15, -0.1) is 0 Å². The minimum absolute atomic E-state index is 0.0793. The Hall–Kier alpha value is -4.23. The normalized spacial score (nSPS) is 10.5. The highest BCUT2D eigenvalue weighted by atomic mass is 35.5. The van der Waals surface area contributed by atoms with Gasteiger partial charge in [0.25, 0.3) is 5.91 Å². The van der Waals surface area contributed by atoms with Gasteiger partial charge >= 0.3 is 0 Å². The number of thioether (sulfide) groups is 1. The van der Waals surface area contributed by atoms with Gasteiger partial charge in [-0.3, -0.25) is 9.59 Å². The number of nitrogens with one attached hydrogen (secondary N) is 2. The number of nitrogens with zero attached hydrogens (tertiary/aromatic N) is 2. The van der Waals surface area contributed by atoms with E-state index in [0.29, 0.717) is 54.8 Å². The molecule has 4 aromatic rings. The second kappa shape index (κ2) is 13.6. The van der Waals surface area contributed by atoms with Crippen molar-refractivity contribution in [1.29, 1.82) is 5.26 Å². The fourth-order valence-corrected chi connectivity index (χ4v) is 5.43. The zero-order valence-electron chi connectivity index (χ0n) is 23.2. The van der Waals surface area contributed by atoms with Crippen LogP contribution in [0.3, 0.4) is 0 Å². The van der Waals surface area contributed by atoms with E-state index in [1.165, 1.54) is 14.2 Å². The Kier molecular flexibility index (Phi) is 9.96. The summed E-state index contributed by atoms with van der Waals surface area (Å²) in [6.45, 7) is 3.59. The van der Waals surface area contributed by atoms with Gasteiger partial charge in [0.15, 0.2) is 0 Å². The Morgan fingerprint density at radius 2 is 1.64 bits per heavy atom. The molecule has 0 atom stereocenters. The molecule has 0 saturated heterocycles. The minimum Gasteiger partial charge on any atom is -0.495 e. The molecule has 0 aliphatic heterocycles. The van der Waals surface area contributed by atoms with Crippen LogP contribution in [0.15, 0.2) is 65.7 Å². The van der Waals surface area contributed by atoms with Crippen molar-refractivity contribution in [3.63, 3.8) is 0 Å². The van der Waals surface area contributed by atoms with Crippen molar-refractivity contribution in [2.24, 2.45) is 0 Å². The first-order chi connectivity index (χ1) is 20.2. The lowest BCUT2D eigenvalue weighted by atomic mass is 9.94. The number of hydrogen-bond donors (Lipinski definition) is 2. The summed E-state index contributed by atoms with van der Waals surface area (Å²) in [5.41, 5.74) is 3.74. The van der Waals surface area contributed by atoms with E-state index in [-0.39, 0.29) is 22.8 Å². The number of carbonyl (C=O) groups is 2. The molecule has 0 radical (unpaired) electrons. The molecule has 2 amide bonds. The first-order valence-electron chi connectivity index (χ1n) is 12.6. The second-order valence-corrected chi connectivity index (χ2v) is 10.8. The number of halogens is 2. The van der Waals surface area contributed by atoms with Gasteiger partial charge in [-0.1, -0.05) is 65.3 Å². The molecular weight excluding hydrogens is 595 g/mol. The van der Waals surface area contributed by atoms with E-state index in [4.69, 9.17) is 32.7 Å². The molecule has 2 N–H and O–H groups in total. The van der Waals surface area contributed by atoms with Crippen molar-refractivity contribution in [3.8, 4) is 28.7 Å². The summed E-state index contributed by atoms with van der Waals surface area (Å²) in [6.07, 6.45) is 0. The van der Waals surface area contributed by atoms with E-state index in [1.54, 1.807) is 49.4 Å². The van der Waals surface area contributed by atoms with Crippen LogP contribution >= 0.6 is 35.0 Å². The van der Waals surface area contributed by atoms with E-state index >= 15 is 0 Å². The summed E-state index contributed by atoms with van der Waals surface area (Å²) >= 11 is 13.4. The third-order valence-electron chi connectivity index (χ3n) is 6.30. The number of pyridine rings is 1. The largest absolute Gasteiger partial charge is 0.495 e. The Morgan fingerprint density at radius 3 is 2.29 bits per heavy atom. The van der Waals surface area contributed by atoms with Crippen molar-refractivity contribution in [2.45, 2.75) is 18.9 Å². The SMILES string of the molecule is COc1cc(NC(=O)CSc2nc(C)c(C(=O)Nc3ccccc3C)c(-c3ccc(Cl)cc3)c2C#N)c(OC)cc1Cl. The zero-order chi connectivity index (χ0) is 30.4. The summed E-state index contributed by atoms with van der Waals surface area (Å²) in [7, 11) is 2.93. The predicted octanol–water partition coefficient (Wildman–Crippen LogP) is 7.54. The zero-order valence-corrected chi connectivity index (χ0v) is 25.5. The Morgan fingerprint density at radius 1 is 0.952 bits per heavy atom. The van der Waals surface area contributed by atoms with Crippen LogP contribution in [0.5, 0.6) is 11.5 Å². The number of ether oxygens (including phenoxy) is 2. The van der Waals surface area contributed by atoms with Gasteiger partial charge in [0.2, 0.25) is 5.91 Å². The standard InChI is InChI=1S/C31H26Cl2N4O4S/c1-17-7-5-6-8-23(17)37-30(39)28-18(2)35-31(21(15-34)29(28)19-9-11-20(32)12-10-19)42-16-27(38)36-24-14-25(40-3)22(33)13-26(24)41-4/h5-14H,16H2,1-4H3,(H,36,38)(H,37,39). The third kappa shape index (κ3) is 6.80. The first-order valence-corrected chi connectivity index (χ1v) is 14.3. The summed E-state index contributed by atoms with van der Waals surface area (Å²) in [5, 5.41) is 17.2. The van der Waals surface area contributed by atoms with Gasteiger partial charge in [-0.25, -0.2) is 4.98 Å². The number of rotatable bonds is 9. The van der Waals surface area contributed by atoms with Crippen molar-refractivity contribution in [2.75, 3.05) is 30.6 Å². The molecule has 8 nitrogen and oxygen atoms in total. The molecule has 0 bridgehead atoms. The van der Waals surface area contributed by atoms with Crippen LogP contribution in [0.1, 0.15) is 27.2 Å². The molecule has 4 rings (SSSR count). The van der Waals surface area contributed by atoms with E-state index in [1.807, 2.05) is 25.1 Å². The highest BCUT2D eigenvalue weighted by Crippen LogP contribution is 2.38. The van der Waals surface area contributed by atoms with Crippen LogP contribution in [0.2, 0.25) is 10.0 Å². The maximum absolute atomic E-state index is 13.6. The third-order valence-corrected chi connectivity index (χ3v) is 7.82. The summed E-state index contributed by atoms with van der Waals surface area (Å²) in [5.74, 6) is -0.130. The highest BCUT2D eigenvalue weighted by Gasteiger charge is 2.25. The first kappa shape index (κ1) is 30.7. The van der Waals surface area contributed by atoms with Crippen LogP contribution in [-0.2, 0) is 4.79 Å². The van der Waals surface area contributed by atoms with Gasteiger partial charge in [-0.2, -0.15) is 5.26 Å². The fraction of sp³-hybridized carbons (Fsp3) is 0.161. The van der Waals surface area contributed by atoms with Gasteiger partial charge in [0.05, 0.1) is 47.5 Å². The number of nitriles is 1. The fourth-order valence-electron chi connectivity index (χ4n) is 4.24. The molecule has 1 aromatic heterocycles. The second-order valence-electron chi connectivity index (χ2n) is 9.04. The molecule has 3 aromatic carbocycles. The molecule has 0 aliphatic rings. The maximum atomic E-state index is 13.6. The number of hydrogen-bond acceptors (Lipinski definition) is 7. The topological polar surface area (TPSA) is 113 Å². The molecule has 0 aliphatic carbocycles. The van der Waals surface area contributed by atoms with E-state index in [0.717, 1.165) is 17.3 Å². The molecule has 0 fully saturated rings. The number of methoxy groups -OCH3 is 2. The molecule has 42 heavy (non-hydrogen) atoms. The van der Waals surface area contributed by atoms with Crippen LogP contribution in [0.4, 0.5) is 11.4 Å². The highest BCUT2D eigenvalue weighted by molar-refractivity contribution is 8.00. The van der Waals surface area contributed by atoms with Crippen molar-refractivity contribution in [1.82, 2.24) is 4.98 Å². The van der Waals surface area contributed by atoms with Crippen LogP contribution in [0.25, 0.3) is 11.1 Å². The number of aryl methyl sites for hydroxylation is 2. The smallest absolute Gasteiger partial charge is 0.258 e. The molecule has 0 spiro atoms. The molecular formula is C31H26Cl2N4O4S. The Labute approximate surface area is 258 Å². The van der Waals surface area contributed by atoms with Crippen molar-refractivity contribution < 1.29 is 19.1 Å². The average molecular weight is 622 g/mol. The summed E-state index contributed by atoms with van der Waals surface area (Å²) in [4.78, 5) is 31.2. The number of aromatic nitrogens is 1. The molecule has 0 saturated carbocycles. The number of benzene rings is 3. The average Bonchev–Trinajstić information content (AvgIpc) is 2.97. The lowest BCUT2D eigenvalue weighted by Gasteiger charge is -2.18. The van der Waals surface area contributed by atoms with E-state index in [9.17, 15) is 14.9 Å². The summed E-state index contributed by atoms with van der Waals surface area (Å²) in [6, 6.07) is 19.6. The monoisotopic (exact) mass is 620 g/mol. The predicted molar refractivity (Wildman–Crippen MR) is 167 cm³/mol. The van der Waals surface area contributed by atoms with Gasteiger partial charge < -0.3 is 20.1 Å². The van der Waals surface area contributed by atoms with Crippen LogP contribution in [-0.4, -0.2) is 36.8 Å². The van der Waals surface area contributed by atoms with Crippen LogP contribution in [0, 0.1) is 25.2 Å². The van der Waals surface area contributed by atoms with Gasteiger partial charge in [0, 0.05) is 28.4 Å². The molecule has 11 heteroatoms. The number of carbonyl (C=O) groups excluding carboxylic acids is 2. The number of anilines is 2. The Bertz CT molecular complexity index is 1710. The molecule has 1 heterocycles. The van der Waals surface area contributed by atoms with Crippen molar-refractivity contribution in [3.05, 3.63) is 93.1 Å². The van der Waals surface area contributed by atoms with Crippen LogP contribution < -0.4 is 20.1 Å². The van der Waals surface area contributed by atoms with E-state index < -0.39 is 5.91 Å². The molecule has 214 valence electrons. The number of amides is 2. The van der Waals surface area contributed by atoms with Gasteiger partial charge in [0.1, 0.15) is 22.6 Å². The summed E-state index contributed by atoms with van der Waals surface area (Å²) < 4.78 is 10.6. The quantitative estimate of drug-likeness (QED) is 0.186. The van der Waals surface area contributed by atoms with E-state index in [2.05, 4.69) is 21.7 Å². The van der Waals surface area contributed by atoms with Crippen molar-refractivity contribution >= 4 is 58.2 Å². The maximum Gasteiger partial charge on any atom is 0.258 e.